The van der Waals surface area contributed by atoms with Crippen molar-refractivity contribution in [3.8, 4) is 5.75 Å². The van der Waals surface area contributed by atoms with Crippen molar-refractivity contribution in [2.75, 3.05) is 31.5 Å². The summed E-state index contributed by atoms with van der Waals surface area (Å²) in [7, 11) is 0. The number of carbonyl (C=O) groups excluding carboxylic acids is 1. The van der Waals surface area contributed by atoms with E-state index in [1.165, 1.54) is 6.92 Å². The lowest BCUT2D eigenvalue weighted by atomic mass is 10.1. The number of rotatable bonds is 5. The van der Waals surface area contributed by atoms with Crippen LogP contribution in [-0.2, 0) is 17.9 Å². The molecule has 2 heterocycles. The highest BCUT2D eigenvalue weighted by Gasteiger charge is 2.17. The lowest BCUT2D eigenvalue weighted by molar-refractivity contribution is -0.114. The first-order valence-electron chi connectivity index (χ1n) is 9.95. The lowest BCUT2D eigenvalue weighted by Crippen LogP contribution is -2.45. The second-order valence-corrected chi connectivity index (χ2v) is 7.61. The van der Waals surface area contributed by atoms with Crippen molar-refractivity contribution in [3.05, 3.63) is 65.9 Å². The van der Waals surface area contributed by atoms with Crippen LogP contribution in [0.25, 0.3) is 10.9 Å². The Balaban J connectivity index is 1.34. The molecule has 0 saturated carbocycles. The molecule has 29 heavy (non-hydrogen) atoms. The Hall–Kier alpha value is -2.96. The predicted octanol–water partition coefficient (Wildman–Crippen LogP) is 3.22. The van der Waals surface area contributed by atoms with E-state index >= 15 is 0 Å². The van der Waals surface area contributed by atoms with Crippen molar-refractivity contribution < 1.29 is 9.90 Å². The third-order valence-electron chi connectivity index (χ3n) is 5.23. The van der Waals surface area contributed by atoms with Gasteiger partial charge in [0.2, 0.25) is 5.91 Å². The van der Waals surface area contributed by atoms with E-state index in [9.17, 15) is 9.90 Å². The van der Waals surface area contributed by atoms with Crippen LogP contribution < -0.4 is 5.32 Å². The Bertz CT molecular complexity index is 1010. The zero-order valence-electron chi connectivity index (χ0n) is 16.6. The molecule has 1 amide bonds. The van der Waals surface area contributed by atoms with Gasteiger partial charge in [0.15, 0.2) is 0 Å². The number of aromatic nitrogens is 1. The largest absolute Gasteiger partial charge is 0.508 e. The number of carbonyl (C=O) groups is 1. The molecule has 6 heteroatoms. The number of nitrogens with zero attached hydrogens (tertiary/aromatic N) is 3. The second kappa shape index (κ2) is 8.59. The summed E-state index contributed by atoms with van der Waals surface area (Å²) in [4.78, 5) is 20.9. The second-order valence-electron chi connectivity index (χ2n) is 7.61. The number of amides is 1. The Morgan fingerprint density at radius 1 is 1.00 bits per heavy atom. The Labute approximate surface area is 170 Å². The summed E-state index contributed by atoms with van der Waals surface area (Å²) in [6, 6.07) is 17.4. The molecule has 0 spiro atoms. The van der Waals surface area contributed by atoms with Crippen LogP contribution in [-0.4, -0.2) is 52.0 Å². The van der Waals surface area contributed by atoms with Crippen LogP contribution in [0.4, 0.5) is 5.69 Å². The zero-order chi connectivity index (χ0) is 20.2. The molecule has 0 radical (unpaired) electrons. The fraction of sp³-hybridized carbons (Fsp3) is 0.304. The van der Waals surface area contributed by atoms with Gasteiger partial charge in [0.05, 0.1) is 11.2 Å². The van der Waals surface area contributed by atoms with Gasteiger partial charge in [0.1, 0.15) is 5.75 Å². The van der Waals surface area contributed by atoms with E-state index in [1.807, 2.05) is 30.3 Å². The van der Waals surface area contributed by atoms with Gasteiger partial charge in [-0.1, -0.05) is 18.2 Å². The van der Waals surface area contributed by atoms with E-state index in [0.29, 0.717) is 5.75 Å². The zero-order valence-corrected chi connectivity index (χ0v) is 16.6. The molecular weight excluding hydrogens is 364 g/mol. The van der Waals surface area contributed by atoms with Crippen molar-refractivity contribution >= 4 is 22.5 Å². The quantitative estimate of drug-likeness (QED) is 0.700. The highest BCUT2D eigenvalue weighted by Crippen LogP contribution is 2.20. The molecule has 150 valence electrons. The predicted molar refractivity (Wildman–Crippen MR) is 115 cm³/mol. The normalized spacial score (nSPS) is 15.5. The van der Waals surface area contributed by atoms with E-state index in [2.05, 4.69) is 33.3 Å². The Morgan fingerprint density at radius 3 is 2.48 bits per heavy atom. The molecule has 0 bridgehead atoms. The average Bonchev–Trinajstić information content (AvgIpc) is 2.69. The number of hydrogen-bond donors (Lipinski definition) is 2. The fourth-order valence-corrected chi connectivity index (χ4v) is 3.78. The Kier molecular flexibility index (Phi) is 5.74. The van der Waals surface area contributed by atoms with Crippen molar-refractivity contribution in [1.82, 2.24) is 14.8 Å². The fourth-order valence-electron chi connectivity index (χ4n) is 3.78. The molecule has 1 aliphatic heterocycles. The number of anilines is 1. The van der Waals surface area contributed by atoms with Crippen molar-refractivity contribution in [2.24, 2.45) is 0 Å². The first kappa shape index (κ1) is 19.4. The molecule has 1 aromatic heterocycles. The molecule has 0 unspecified atom stereocenters. The van der Waals surface area contributed by atoms with Crippen LogP contribution in [0.15, 0.2) is 54.6 Å². The lowest BCUT2D eigenvalue weighted by Gasteiger charge is -2.34. The molecule has 1 aliphatic rings. The van der Waals surface area contributed by atoms with Crippen LogP contribution in [0, 0.1) is 0 Å². The van der Waals surface area contributed by atoms with Gasteiger partial charge in [-0.05, 0) is 42.0 Å². The molecule has 4 rings (SSSR count). The number of piperazine rings is 1. The monoisotopic (exact) mass is 390 g/mol. The van der Waals surface area contributed by atoms with Crippen molar-refractivity contribution in [1.29, 1.82) is 0 Å². The third-order valence-corrected chi connectivity index (χ3v) is 5.23. The van der Waals surface area contributed by atoms with Crippen molar-refractivity contribution in [2.45, 2.75) is 20.0 Å². The maximum Gasteiger partial charge on any atom is 0.221 e. The summed E-state index contributed by atoms with van der Waals surface area (Å²) in [5, 5.41) is 13.5. The van der Waals surface area contributed by atoms with Crippen LogP contribution >= 0.6 is 0 Å². The van der Waals surface area contributed by atoms with Crippen LogP contribution in [0.2, 0.25) is 0 Å². The molecule has 0 aliphatic carbocycles. The summed E-state index contributed by atoms with van der Waals surface area (Å²) >= 11 is 0. The van der Waals surface area contributed by atoms with E-state index in [-0.39, 0.29) is 5.91 Å². The highest BCUT2D eigenvalue weighted by molar-refractivity contribution is 5.92. The number of pyridine rings is 1. The molecule has 3 aromatic rings. The topological polar surface area (TPSA) is 68.7 Å². The molecule has 1 fully saturated rings. The van der Waals surface area contributed by atoms with Gasteiger partial charge in [-0.25, -0.2) is 0 Å². The standard InChI is InChI=1S/C23H26N4O2/c1-17(28)24-20-7-8-23-19(14-20)5-6-21(25-23)16-27-11-9-26(10-12-27)15-18-3-2-4-22(29)13-18/h2-8,13-14,29H,9-12,15-16H2,1H3,(H,24,28). The van der Waals surface area contributed by atoms with E-state index in [1.54, 1.807) is 6.07 Å². The minimum Gasteiger partial charge on any atom is -0.508 e. The summed E-state index contributed by atoms with van der Waals surface area (Å²) in [5.41, 5.74) is 3.95. The van der Waals surface area contributed by atoms with Gasteiger partial charge in [0.25, 0.3) is 0 Å². The van der Waals surface area contributed by atoms with E-state index < -0.39 is 0 Å². The van der Waals surface area contributed by atoms with E-state index in [4.69, 9.17) is 4.98 Å². The number of phenolic OH excluding ortho intramolecular Hbond substituents is 1. The molecule has 6 nitrogen and oxygen atoms in total. The molecule has 1 saturated heterocycles. The number of aromatic hydroxyl groups is 1. The van der Waals surface area contributed by atoms with Gasteiger partial charge in [-0.2, -0.15) is 0 Å². The van der Waals surface area contributed by atoms with Crippen LogP contribution in [0.5, 0.6) is 5.75 Å². The van der Waals surface area contributed by atoms with Crippen molar-refractivity contribution in [3.63, 3.8) is 0 Å². The first-order chi connectivity index (χ1) is 14.0. The minimum absolute atomic E-state index is 0.0721. The SMILES string of the molecule is CC(=O)Nc1ccc2nc(CN3CCN(Cc4cccc(O)c4)CC3)ccc2c1. The summed E-state index contributed by atoms with van der Waals surface area (Å²) in [6.45, 7) is 7.22. The first-order valence-corrected chi connectivity index (χ1v) is 9.95. The number of hydrogen-bond acceptors (Lipinski definition) is 5. The Morgan fingerprint density at radius 2 is 1.76 bits per heavy atom. The summed E-state index contributed by atoms with van der Waals surface area (Å²) in [5.74, 6) is 0.254. The minimum atomic E-state index is -0.0721. The van der Waals surface area contributed by atoms with Gasteiger partial charge in [-0.3, -0.25) is 19.6 Å². The van der Waals surface area contributed by atoms with Gasteiger partial charge < -0.3 is 10.4 Å². The molecule has 2 aromatic carbocycles. The van der Waals surface area contributed by atoms with Crippen LogP contribution in [0.3, 0.4) is 0 Å². The number of phenols is 1. The maximum absolute atomic E-state index is 11.2. The maximum atomic E-state index is 11.2. The van der Waals surface area contributed by atoms with Crippen LogP contribution in [0.1, 0.15) is 18.2 Å². The third kappa shape index (κ3) is 5.10. The highest BCUT2D eigenvalue weighted by atomic mass is 16.3. The van der Waals surface area contributed by atoms with Gasteiger partial charge in [-0.15, -0.1) is 0 Å². The average molecular weight is 390 g/mol. The molecule has 2 N–H and O–H groups in total. The number of fused-ring (bicyclic) bond motifs is 1. The number of nitrogens with one attached hydrogen (secondary N) is 1. The smallest absolute Gasteiger partial charge is 0.221 e. The molecule has 0 atom stereocenters. The molecular formula is C23H26N4O2. The number of benzene rings is 2. The summed E-state index contributed by atoms with van der Waals surface area (Å²) < 4.78 is 0. The van der Waals surface area contributed by atoms with Gasteiger partial charge >= 0.3 is 0 Å². The van der Waals surface area contributed by atoms with E-state index in [0.717, 1.165) is 67.1 Å². The van der Waals surface area contributed by atoms with Gasteiger partial charge in [0, 0.05) is 57.3 Å². The summed E-state index contributed by atoms with van der Waals surface area (Å²) in [6.07, 6.45) is 0.